The van der Waals surface area contributed by atoms with Crippen molar-refractivity contribution in [3.63, 3.8) is 0 Å². The Morgan fingerprint density at radius 2 is 2.04 bits per heavy atom. The lowest BCUT2D eigenvalue weighted by molar-refractivity contribution is 0.0683. The SMILES string of the molecule is CNCCC1CCN(C(=O)c2cc3ccccc3oc2=O)CC1. The third-order valence-corrected chi connectivity index (χ3v) is 4.58. The van der Waals surface area contributed by atoms with Crippen LogP contribution in [-0.4, -0.2) is 37.5 Å². The van der Waals surface area contributed by atoms with Crippen molar-refractivity contribution in [2.24, 2.45) is 5.92 Å². The van der Waals surface area contributed by atoms with Crippen molar-refractivity contribution in [2.45, 2.75) is 19.3 Å². The van der Waals surface area contributed by atoms with E-state index in [4.69, 9.17) is 4.42 Å². The number of rotatable bonds is 4. The summed E-state index contributed by atoms with van der Waals surface area (Å²) < 4.78 is 5.27. The Morgan fingerprint density at radius 3 is 2.78 bits per heavy atom. The Hall–Kier alpha value is -2.14. The van der Waals surface area contributed by atoms with Crippen LogP contribution in [0.25, 0.3) is 11.0 Å². The molecule has 1 fully saturated rings. The number of para-hydroxylation sites is 1. The van der Waals surface area contributed by atoms with Crippen LogP contribution in [0, 0.1) is 5.92 Å². The van der Waals surface area contributed by atoms with Crippen LogP contribution in [0.3, 0.4) is 0 Å². The predicted octanol–water partition coefficient (Wildman–Crippen LogP) is 2.25. The molecule has 1 N–H and O–H groups in total. The lowest BCUT2D eigenvalue weighted by Gasteiger charge is -2.31. The second-order valence-corrected chi connectivity index (χ2v) is 6.11. The summed E-state index contributed by atoms with van der Waals surface area (Å²) >= 11 is 0. The fraction of sp³-hybridized carbons (Fsp3) is 0.444. The molecule has 3 rings (SSSR count). The number of benzene rings is 1. The van der Waals surface area contributed by atoms with Crippen molar-refractivity contribution < 1.29 is 9.21 Å². The highest BCUT2D eigenvalue weighted by Gasteiger charge is 2.25. The van der Waals surface area contributed by atoms with Gasteiger partial charge in [0.1, 0.15) is 11.1 Å². The summed E-state index contributed by atoms with van der Waals surface area (Å²) in [6, 6.07) is 8.90. The number of amides is 1. The van der Waals surface area contributed by atoms with Crippen LogP contribution in [0.2, 0.25) is 0 Å². The molecule has 0 spiro atoms. The zero-order valence-corrected chi connectivity index (χ0v) is 13.4. The Morgan fingerprint density at radius 1 is 1.30 bits per heavy atom. The molecule has 122 valence electrons. The first-order valence-corrected chi connectivity index (χ1v) is 8.16. The predicted molar refractivity (Wildman–Crippen MR) is 89.7 cm³/mol. The van der Waals surface area contributed by atoms with Crippen LogP contribution in [0.15, 0.2) is 39.5 Å². The summed E-state index contributed by atoms with van der Waals surface area (Å²) in [4.78, 5) is 26.5. The molecule has 23 heavy (non-hydrogen) atoms. The summed E-state index contributed by atoms with van der Waals surface area (Å²) in [6.07, 6.45) is 3.12. The van der Waals surface area contributed by atoms with Crippen LogP contribution in [0.1, 0.15) is 29.6 Å². The van der Waals surface area contributed by atoms with E-state index in [1.165, 1.54) is 0 Å². The van der Waals surface area contributed by atoms with Crippen LogP contribution >= 0.6 is 0 Å². The standard InChI is InChI=1S/C18H22N2O3/c1-19-9-6-13-7-10-20(11-8-13)17(21)15-12-14-4-2-3-5-16(14)23-18(15)22/h2-5,12-13,19H,6-11H2,1H3. The van der Waals surface area contributed by atoms with E-state index in [1.807, 2.05) is 25.2 Å². The molecule has 2 aromatic rings. The topological polar surface area (TPSA) is 62.6 Å². The normalized spacial score (nSPS) is 16.0. The molecule has 1 aromatic heterocycles. The summed E-state index contributed by atoms with van der Waals surface area (Å²) in [5.74, 6) is 0.441. The van der Waals surface area contributed by atoms with Gasteiger partial charge in [0.2, 0.25) is 0 Å². The second kappa shape index (κ2) is 6.96. The van der Waals surface area contributed by atoms with Crippen molar-refractivity contribution in [2.75, 3.05) is 26.7 Å². The zero-order chi connectivity index (χ0) is 16.2. The molecular weight excluding hydrogens is 292 g/mol. The lowest BCUT2D eigenvalue weighted by atomic mass is 9.93. The average Bonchev–Trinajstić information content (AvgIpc) is 2.59. The van der Waals surface area contributed by atoms with Gasteiger partial charge in [0.25, 0.3) is 5.91 Å². The Labute approximate surface area is 135 Å². The van der Waals surface area contributed by atoms with Gasteiger partial charge in [0, 0.05) is 18.5 Å². The molecule has 1 aromatic carbocycles. The maximum absolute atomic E-state index is 12.6. The van der Waals surface area contributed by atoms with Gasteiger partial charge < -0.3 is 14.6 Å². The molecule has 0 radical (unpaired) electrons. The van der Waals surface area contributed by atoms with E-state index in [9.17, 15) is 9.59 Å². The molecule has 5 nitrogen and oxygen atoms in total. The number of likely N-dealkylation sites (tertiary alicyclic amines) is 1. The molecule has 2 heterocycles. The number of hydrogen-bond acceptors (Lipinski definition) is 4. The second-order valence-electron chi connectivity index (χ2n) is 6.11. The fourth-order valence-electron chi connectivity index (χ4n) is 3.15. The lowest BCUT2D eigenvalue weighted by Crippen LogP contribution is -2.40. The summed E-state index contributed by atoms with van der Waals surface area (Å²) in [6.45, 7) is 2.42. The van der Waals surface area contributed by atoms with Gasteiger partial charge in [-0.15, -0.1) is 0 Å². The fourth-order valence-corrected chi connectivity index (χ4v) is 3.15. The van der Waals surface area contributed by atoms with Gasteiger partial charge in [0.05, 0.1) is 0 Å². The number of nitrogens with one attached hydrogen (secondary N) is 1. The number of nitrogens with zero attached hydrogens (tertiary/aromatic N) is 1. The maximum Gasteiger partial charge on any atom is 0.349 e. The van der Waals surface area contributed by atoms with E-state index < -0.39 is 5.63 Å². The minimum Gasteiger partial charge on any atom is -0.422 e. The number of carbonyl (C=O) groups excluding carboxylic acids is 1. The molecular formula is C18H22N2O3. The number of carbonyl (C=O) groups is 1. The van der Waals surface area contributed by atoms with Gasteiger partial charge in [-0.1, -0.05) is 18.2 Å². The molecule has 0 aliphatic carbocycles. The Kier molecular flexibility index (Phi) is 4.76. The molecule has 0 unspecified atom stereocenters. The molecule has 5 heteroatoms. The van der Waals surface area contributed by atoms with Crippen molar-refractivity contribution >= 4 is 16.9 Å². The first-order valence-electron chi connectivity index (χ1n) is 8.16. The molecule has 1 amide bonds. The number of hydrogen-bond donors (Lipinski definition) is 1. The maximum atomic E-state index is 12.6. The monoisotopic (exact) mass is 314 g/mol. The van der Waals surface area contributed by atoms with Gasteiger partial charge in [-0.25, -0.2) is 4.79 Å². The van der Waals surface area contributed by atoms with Gasteiger partial charge in [-0.05, 0) is 50.9 Å². The van der Waals surface area contributed by atoms with Crippen molar-refractivity contribution in [3.8, 4) is 0 Å². The van der Waals surface area contributed by atoms with Crippen LogP contribution < -0.4 is 10.9 Å². The summed E-state index contributed by atoms with van der Waals surface area (Å²) in [5.41, 5.74) is 0.100. The average molecular weight is 314 g/mol. The minimum absolute atomic E-state index is 0.136. The molecule has 1 aliphatic heterocycles. The number of fused-ring (bicyclic) bond motifs is 1. The highest BCUT2D eigenvalue weighted by Crippen LogP contribution is 2.21. The zero-order valence-electron chi connectivity index (χ0n) is 13.4. The van der Waals surface area contributed by atoms with Crippen LogP contribution in [-0.2, 0) is 0 Å². The van der Waals surface area contributed by atoms with Gasteiger partial charge in [0.15, 0.2) is 0 Å². The quantitative estimate of drug-likeness (QED) is 0.879. The largest absolute Gasteiger partial charge is 0.422 e. The van der Waals surface area contributed by atoms with Crippen molar-refractivity contribution in [1.82, 2.24) is 10.2 Å². The van der Waals surface area contributed by atoms with Gasteiger partial charge >= 0.3 is 5.63 Å². The molecule has 0 saturated carbocycles. The molecule has 1 aliphatic rings. The van der Waals surface area contributed by atoms with E-state index >= 15 is 0 Å². The van der Waals surface area contributed by atoms with Gasteiger partial charge in [-0.2, -0.15) is 0 Å². The summed E-state index contributed by atoms with van der Waals surface area (Å²) in [7, 11) is 1.96. The van der Waals surface area contributed by atoms with Gasteiger partial charge in [-0.3, -0.25) is 4.79 Å². The van der Waals surface area contributed by atoms with E-state index in [0.29, 0.717) is 24.6 Å². The van der Waals surface area contributed by atoms with Crippen LogP contribution in [0.4, 0.5) is 0 Å². The van der Waals surface area contributed by atoms with Crippen LogP contribution in [0.5, 0.6) is 0 Å². The summed E-state index contributed by atoms with van der Waals surface area (Å²) in [5, 5.41) is 3.94. The number of piperidine rings is 1. The molecule has 0 bridgehead atoms. The van der Waals surface area contributed by atoms with Crippen molar-refractivity contribution in [1.29, 1.82) is 0 Å². The smallest absolute Gasteiger partial charge is 0.349 e. The Balaban J connectivity index is 1.74. The molecule has 1 saturated heterocycles. The van der Waals surface area contributed by atoms with Crippen molar-refractivity contribution in [3.05, 3.63) is 46.3 Å². The highest BCUT2D eigenvalue weighted by molar-refractivity contribution is 5.96. The van der Waals surface area contributed by atoms with E-state index in [1.54, 1.807) is 17.0 Å². The van der Waals surface area contributed by atoms with E-state index in [-0.39, 0.29) is 11.5 Å². The first-order chi connectivity index (χ1) is 11.2. The first kappa shape index (κ1) is 15.7. The van der Waals surface area contributed by atoms with E-state index in [0.717, 1.165) is 31.2 Å². The molecule has 0 atom stereocenters. The Bertz CT molecular complexity index is 745. The third-order valence-electron chi connectivity index (χ3n) is 4.58. The minimum atomic E-state index is -0.550. The van der Waals surface area contributed by atoms with E-state index in [2.05, 4.69) is 5.32 Å². The third kappa shape index (κ3) is 3.45. The highest BCUT2D eigenvalue weighted by atomic mass is 16.4.